The van der Waals surface area contributed by atoms with Gasteiger partial charge in [-0.15, -0.1) is 6.42 Å². The SMILES string of the molecule is C#CCn1ncc(Cl)c(NCC(C)CO)c1=O. The van der Waals surface area contributed by atoms with Crippen LogP contribution in [0.3, 0.4) is 0 Å². The molecular formula is C11H14ClN3O2. The molecule has 1 atom stereocenters. The molecule has 0 aromatic carbocycles. The van der Waals surface area contributed by atoms with E-state index < -0.39 is 0 Å². The van der Waals surface area contributed by atoms with Crippen LogP contribution in [-0.2, 0) is 6.54 Å². The first-order valence-corrected chi connectivity index (χ1v) is 5.51. The zero-order valence-electron chi connectivity index (χ0n) is 9.48. The Morgan fingerprint density at radius 1 is 1.76 bits per heavy atom. The molecule has 0 saturated carbocycles. The standard InChI is InChI=1S/C11H14ClN3O2/c1-3-4-15-11(17)10(9(12)6-14-15)13-5-8(2)7-16/h1,6,8,13,16H,4-5,7H2,2H3. The van der Waals surface area contributed by atoms with Crippen molar-refractivity contribution in [3.63, 3.8) is 0 Å². The number of anilines is 1. The Balaban J connectivity index is 2.94. The van der Waals surface area contributed by atoms with Gasteiger partial charge < -0.3 is 10.4 Å². The van der Waals surface area contributed by atoms with Gasteiger partial charge in [-0.3, -0.25) is 4.79 Å². The Morgan fingerprint density at radius 3 is 3.06 bits per heavy atom. The highest BCUT2D eigenvalue weighted by Gasteiger charge is 2.10. The van der Waals surface area contributed by atoms with Crippen molar-refractivity contribution in [3.05, 3.63) is 21.6 Å². The third kappa shape index (κ3) is 3.48. The molecule has 1 heterocycles. The summed E-state index contributed by atoms with van der Waals surface area (Å²) in [6, 6.07) is 0. The van der Waals surface area contributed by atoms with Gasteiger partial charge in [-0.25, -0.2) is 4.68 Å². The van der Waals surface area contributed by atoms with Crippen LogP contribution in [0, 0.1) is 18.3 Å². The van der Waals surface area contributed by atoms with Crippen molar-refractivity contribution in [2.75, 3.05) is 18.5 Å². The summed E-state index contributed by atoms with van der Waals surface area (Å²) in [5, 5.41) is 15.9. The van der Waals surface area contributed by atoms with E-state index in [2.05, 4.69) is 16.3 Å². The molecule has 1 unspecified atom stereocenters. The highest BCUT2D eigenvalue weighted by atomic mass is 35.5. The molecule has 6 heteroatoms. The van der Waals surface area contributed by atoms with E-state index in [1.54, 1.807) is 0 Å². The maximum Gasteiger partial charge on any atom is 0.292 e. The molecule has 2 N–H and O–H groups in total. The summed E-state index contributed by atoms with van der Waals surface area (Å²) in [5.41, 5.74) is -0.0993. The van der Waals surface area contributed by atoms with Crippen LogP contribution in [0.4, 0.5) is 5.69 Å². The second kappa shape index (κ2) is 6.28. The van der Waals surface area contributed by atoms with Crippen molar-refractivity contribution in [2.24, 2.45) is 5.92 Å². The van der Waals surface area contributed by atoms with Crippen molar-refractivity contribution >= 4 is 17.3 Å². The van der Waals surface area contributed by atoms with Gasteiger partial charge in [0.2, 0.25) is 0 Å². The number of hydrogen-bond donors (Lipinski definition) is 2. The summed E-state index contributed by atoms with van der Waals surface area (Å²) in [4.78, 5) is 11.9. The number of nitrogens with zero attached hydrogens (tertiary/aromatic N) is 2. The zero-order chi connectivity index (χ0) is 12.8. The summed E-state index contributed by atoms with van der Waals surface area (Å²) >= 11 is 5.88. The van der Waals surface area contributed by atoms with Gasteiger partial charge in [-0.05, 0) is 5.92 Å². The number of aliphatic hydroxyl groups is 1. The van der Waals surface area contributed by atoms with Crippen LogP contribution in [0.15, 0.2) is 11.0 Å². The van der Waals surface area contributed by atoms with Crippen LogP contribution in [0.5, 0.6) is 0 Å². The lowest BCUT2D eigenvalue weighted by atomic mass is 10.2. The average Bonchev–Trinajstić information content (AvgIpc) is 2.32. The molecule has 5 nitrogen and oxygen atoms in total. The number of nitrogens with one attached hydrogen (secondary N) is 1. The van der Waals surface area contributed by atoms with Gasteiger partial charge in [0, 0.05) is 13.2 Å². The van der Waals surface area contributed by atoms with E-state index in [0.29, 0.717) is 6.54 Å². The minimum Gasteiger partial charge on any atom is -0.396 e. The van der Waals surface area contributed by atoms with E-state index in [4.69, 9.17) is 23.1 Å². The largest absolute Gasteiger partial charge is 0.396 e. The molecule has 1 aromatic heterocycles. The molecule has 1 aromatic rings. The Kier molecular flexibility index (Phi) is 5.01. The summed E-state index contributed by atoms with van der Waals surface area (Å²) < 4.78 is 1.15. The number of aromatic nitrogens is 2. The smallest absolute Gasteiger partial charge is 0.292 e. The zero-order valence-corrected chi connectivity index (χ0v) is 10.2. The van der Waals surface area contributed by atoms with Crippen molar-refractivity contribution in [2.45, 2.75) is 13.5 Å². The van der Waals surface area contributed by atoms with Gasteiger partial charge >= 0.3 is 0 Å². The monoisotopic (exact) mass is 255 g/mol. The van der Waals surface area contributed by atoms with Gasteiger partial charge in [0.05, 0.1) is 11.2 Å². The fourth-order valence-electron chi connectivity index (χ4n) is 1.17. The van der Waals surface area contributed by atoms with Gasteiger partial charge in [-0.2, -0.15) is 5.10 Å². The Hall–Kier alpha value is -1.51. The second-order valence-electron chi connectivity index (χ2n) is 3.70. The predicted octanol–water partition coefficient (Wildman–Crippen LogP) is 0.570. The Bertz CT molecular complexity index is 479. The van der Waals surface area contributed by atoms with Gasteiger partial charge in [0.1, 0.15) is 12.2 Å². The van der Waals surface area contributed by atoms with E-state index in [1.807, 2.05) is 6.92 Å². The molecule has 0 fully saturated rings. The van der Waals surface area contributed by atoms with E-state index in [1.165, 1.54) is 6.20 Å². The van der Waals surface area contributed by atoms with Crippen LogP contribution in [-0.4, -0.2) is 28.0 Å². The molecule has 0 spiro atoms. The lowest BCUT2D eigenvalue weighted by Gasteiger charge is -2.12. The van der Waals surface area contributed by atoms with E-state index in [9.17, 15) is 4.79 Å². The van der Waals surface area contributed by atoms with Crippen LogP contribution in [0.1, 0.15) is 6.92 Å². The summed E-state index contributed by atoms with van der Waals surface area (Å²) in [5.74, 6) is 2.36. The third-order valence-corrected chi connectivity index (χ3v) is 2.46. The van der Waals surface area contributed by atoms with Gasteiger partial charge in [0.15, 0.2) is 0 Å². The quantitative estimate of drug-likeness (QED) is 0.755. The fourth-order valence-corrected chi connectivity index (χ4v) is 1.36. The predicted molar refractivity (Wildman–Crippen MR) is 67.1 cm³/mol. The molecule has 0 bridgehead atoms. The van der Waals surface area contributed by atoms with Crippen molar-refractivity contribution in [1.29, 1.82) is 0 Å². The Labute approximate surface area is 104 Å². The first-order valence-electron chi connectivity index (χ1n) is 5.14. The molecule has 0 aliphatic rings. The van der Waals surface area contributed by atoms with Gasteiger partial charge in [0.25, 0.3) is 5.56 Å². The first-order chi connectivity index (χ1) is 8.10. The van der Waals surface area contributed by atoms with E-state index >= 15 is 0 Å². The molecule has 0 aliphatic heterocycles. The molecule has 17 heavy (non-hydrogen) atoms. The van der Waals surface area contributed by atoms with Gasteiger partial charge in [-0.1, -0.05) is 24.4 Å². The van der Waals surface area contributed by atoms with Crippen molar-refractivity contribution in [3.8, 4) is 12.3 Å². The second-order valence-corrected chi connectivity index (χ2v) is 4.11. The number of terminal acetylenes is 1. The highest BCUT2D eigenvalue weighted by molar-refractivity contribution is 6.32. The molecular weight excluding hydrogens is 242 g/mol. The van der Waals surface area contributed by atoms with E-state index in [-0.39, 0.29) is 35.3 Å². The summed E-state index contributed by atoms with van der Waals surface area (Å²) in [6.07, 6.45) is 6.49. The summed E-state index contributed by atoms with van der Waals surface area (Å²) in [6.45, 7) is 2.43. The van der Waals surface area contributed by atoms with Crippen LogP contribution in [0.2, 0.25) is 5.02 Å². The lowest BCUT2D eigenvalue weighted by Crippen LogP contribution is -2.27. The van der Waals surface area contributed by atoms with Crippen molar-refractivity contribution < 1.29 is 5.11 Å². The van der Waals surface area contributed by atoms with Crippen LogP contribution >= 0.6 is 11.6 Å². The minimum absolute atomic E-state index is 0.0275. The van der Waals surface area contributed by atoms with Crippen LogP contribution < -0.4 is 10.9 Å². The highest BCUT2D eigenvalue weighted by Crippen LogP contribution is 2.15. The van der Waals surface area contributed by atoms with Crippen molar-refractivity contribution in [1.82, 2.24) is 9.78 Å². The number of hydrogen-bond acceptors (Lipinski definition) is 4. The first kappa shape index (κ1) is 13.6. The fraction of sp³-hybridized carbons (Fsp3) is 0.455. The Morgan fingerprint density at radius 2 is 2.47 bits per heavy atom. The number of halogens is 1. The normalized spacial score (nSPS) is 11.9. The molecule has 92 valence electrons. The lowest BCUT2D eigenvalue weighted by molar-refractivity contribution is 0.244. The molecule has 0 saturated heterocycles. The number of aliphatic hydroxyl groups excluding tert-OH is 1. The maximum atomic E-state index is 11.9. The average molecular weight is 256 g/mol. The molecule has 0 aliphatic carbocycles. The third-order valence-electron chi connectivity index (χ3n) is 2.18. The summed E-state index contributed by atoms with van der Waals surface area (Å²) in [7, 11) is 0. The minimum atomic E-state index is -0.361. The topological polar surface area (TPSA) is 67.2 Å². The van der Waals surface area contributed by atoms with Crippen LogP contribution in [0.25, 0.3) is 0 Å². The molecule has 0 radical (unpaired) electrons. The molecule has 0 amide bonds. The number of rotatable bonds is 5. The van der Waals surface area contributed by atoms with E-state index in [0.717, 1.165) is 4.68 Å². The maximum absolute atomic E-state index is 11.9. The molecule has 1 rings (SSSR count).